The van der Waals surface area contributed by atoms with Gasteiger partial charge in [-0.2, -0.15) is 0 Å². The molecule has 7 heteroatoms. The van der Waals surface area contributed by atoms with Crippen molar-refractivity contribution in [3.05, 3.63) is 106 Å². The summed E-state index contributed by atoms with van der Waals surface area (Å²) in [6.07, 6.45) is 2.26. The first-order chi connectivity index (χ1) is 18.7. The third-order valence-corrected chi connectivity index (χ3v) is 7.95. The molecule has 6 nitrogen and oxygen atoms in total. The van der Waals surface area contributed by atoms with Crippen molar-refractivity contribution < 1.29 is 4.79 Å². The first kappa shape index (κ1) is 26.6. The number of anilines is 2. The molecule has 1 amide bonds. The third-order valence-electron chi connectivity index (χ3n) is 7.63. The number of benzene rings is 2. The molecule has 39 heavy (non-hydrogen) atoms. The largest absolute Gasteiger partial charge is 0.351 e. The van der Waals surface area contributed by atoms with Crippen LogP contribution in [0.2, 0.25) is 0 Å². The highest BCUT2D eigenvalue weighted by atomic mass is 32.1. The van der Waals surface area contributed by atoms with Crippen LogP contribution in [0.5, 0.6) is 0 Å². The maximum Gasteiger partial charge on any atom is 0.224 e. The van der Waals surface area contributed by atoms with Gasteiger partial charge in [-0.05, 0) is 105 Å². The Kier molecular flexibility index (Phi) is 7.28. The van der Waals surface area contributed by atoms with E-state index in [-0.39, 0.29) is 18.0 Å². The molecule has 1 aliphatic rings. The van der Waals surface area contributed by atoms with E-state index in [1.807, 2.05) is 44.3 Å². The van der Waals surface area contributed by atoms with Gasteiger partial charge in [-0.1, -0.05) is 31.2 Å². The molecule has 1 aliphatic heterocycles. The SMILES string of the molecule is CCC(=O)Nc1ccc(N2C(=S)N[C@H](c3ccccn3)[C@@H]2c2cc(C)n(-c3c(C)cccc3C)c2C)cc1C. The maximum absolute atomic E-state index is 12.0. The minimum atomic E-state index is -0.134. The molecule has 1 saturated heterocycles. The van der Waals surface area contributed by atoms with Crippen LogP contribution in [0.15, 0.2) is 66.9 Å². The zero-order valence-electron chi connectivity index (χ0n) is 23.4. The molecule has 0 unspecified atom stereocenters. The van der Waals surface area contributed by atoms with E-state index in [0.717, 1.165) is 22.6 Å². The number of carbonyl (C=O) groups excluding carboxylic acids is 1. The number of para-hydroxylation sites is 1. The number of carbonyl (C=O) groups is 1. The van der Waals surface area contributed by atoms with Crippen molar-refractivity contribution in [3.63, 3.8) is 0 Å². The lowest BCUT2D eigenvalue weighted by Gasteiger charge is -2.29. The number of nitrogens with zero attached hydrogens (tertiary/aromatic N) is 3. The molecular formula is C32H35N5OS. The van der Waals surface area contributed by atoms with Crippen molar-refractivity contribution in [3.8, 4) is 5.69 Å². The van der Waals surface area contributed by atoms with Gasteiger partial charge < -0.3 is 20.1 Å². The Bertz CT molecular complexity index is 1540. The summed E-state index contributed by atoms with van der Waals surface area (Å²) in [6, 6.07) is 20.6. The molecule has 2 N–H and O–H groups in total. The molecule has 5 rings (SSSR count). The van der Waals surface area contributed by atoms with E-state index in [0.29, 0.717) is 11.5 Å². The average Bonchev–Trinajstić information content (AvgIpc) is 3.41. The second-order valence-corrected chi connectivity index (χ2v) is 10.7. The quantitative estimate of drug-likeness (QED) is 0.261. The van der Waals surface area contributed by atoms with E-state index in [1.54, 1.807) is 0 Å². The van der Waals surface area contributed by atoms with E-state index in [4.69, 9.17) is 17.2 Å². The van der Waals surface area contributed by atoms with Crippen molar-refractivity contribution in [1.29, 1.82) is 0 Å². The van der Waals surface area contributed by atoms with Crippen molar-refractivity contribution >= 4 is 34.6 Å². The Balaban J connectivity index is 1.66. The fourth-order valence-electron chi connectivity index (χ4n) is 5.72. The molecule has 2 aromatic heterocycles. The Hall–Kier alpha value is -3.97. The fourth-order valence-corrected chi connectivity index (χ4v) is 6.06. The number of rotatable bonds is 6. The first-order valence-corrected chi connectivity index (χ1v) is 13.8. The number of hydrogen-bond donors (Lipinski definition) is 2. The van der Waals surface area contributed by atoms with Gasteiger partial charge in [-0.15, -0.1) is 0 Å². The van der Waals surface area contributed by atoms with Crippen LogP contribution in [0.3, 0.4) is 0 Å². The number of hydrogen-bond acceptors (Lipinski definition) is 3. The first-order valence-electron chi connectivity index (χ1n) is 13.4. The van der Waals surface area contributed by atoms with Gasteiger partial charge in [0.15, 0.2) is 5.11 Å². The molecule has 0 bridgehead atoms. The fraction of sp³-hybridized carbons (Fsp3) is 0.281. The van der Waals surface area contributed by atoms with Crippen LogP contribution in [0, 0.1) is 34.6 Å². The van der Waals surface area contributed by atoms with Crippen molar-refractivity contribution in [1.82, 2.24) is 14.9 Å². The van der Waals surface area contributed by atoms with Gasteiger partial charge in [0, 0.05) is 35.4 Å². The molecule has 2 atom stereocenters. The van der Waals surface area contributed by atoms with Crippen LogP contribution in [-0.4, -0.2) is 20.6 Å². The lowest BCUT2D eigenvalue weighted by molar-refractivity contribution is -0.115. The summed E-state index contributed by atoms with van der Waals surface area (Å²) >= 11 is 5.97. The molecule has 4 aromatic rings. The van der Waals surface area contributed by atoms with E-state index in [9.17, 15) is 4.79 Å². The summed E-state index contributed by atoms with van der Waals surface area (Å²) in [6.45, 7) is 12.6. The van der Waals surface area contributed by atoms with Crippen LogP contribution in [0.4, 0.5) is 11.4 Å². The van der Waals surface area contributed by atoms with Gasteiger partial charge in [-0.25, -0.2) is 0 Å². The van der Waals surface area contributed by atoms with Crippen LogP contribution < -0.4 is 15.5 Å². The van der Waals surface area contributed by atoms with E-state index < -0.39 is 0 Å². The van der Waals surface area contributed by atoms with Gasteiger partial charge in [0.25, 0.3) is 0 Å². The summed E-state index contributed by atoms with van der Waals surface area (Å²) in [4.78, 5) is 19.0. The highest BCUT2D eigenvalue weighted by Gasteiger charge is 2.42. The molecule has 0 radical (unpaired) electrons. The normalized spacial score (nSPS) is 16.9. The number of nitrogens with one attached hydrogen (secondary N) is 2. The van der Waals surface area contributed by atoms with Crippen molar-refractivity contribution in [2.45, 2.75) is 60.0 Å². The summed E-state index contributed by atoms with van der Waals surface area (Å²) in [5, 5.41) is 7.22. The average molecular weight is 538 g/mol. The summed E-state index contributed by atoms with van der Waals surface area (Å²) < 4.78 is 2.36. The van der Waals surface area contributed by atoms with Crippen molar-refractivity contribution in [2.24, 2.45) is 0 Å². The summed E-state index contributed by atoms with van der Waals surface area (Å²) in [5.74, 6) is -0.00348. The van der Waals surface area contributed by atoms with E-state index in [2.05, 4.69) is 84.2 Å². The molecule has 2 aromatic carbocycles. The lowest BCUT2D eigenvalue weighted by Crippen LogP contribution is -2.29. The molecule has 0 aliphatic carbocycles. The van der Waals surface area contributed by atoms with Gasteiger partial charge in [-0.3, -0.25) is 9.78 Å². The number of amides is 1. The Morgan fingerprint density at radius 3 is 2.36 bits per heavy atom. The topological polar surface area (TPSA) is 62.2 Å². The Morgan fingerprint density at radius 1 is 0.974 bits per heavy atom. The standard InChI is InChI=1S/C32H35N5OS/c1-7-28(38)34-26-15-14-24(17-21(26)4)37-31(29(35-32(37)39)27-13-8-9-16-33-27)25-18-22(5)36(23(25)6)30-19(2)11-10-12-20(30)3/h8-18,29,31H,7H2,1-6H3,(H,34,38)(H,35,39)/t29-,31+/m1/s1. The van der Waals surface area contributed by atoms with E-state index in [1.165, 1.54) is 33.8 Å². The van der Waals surface area contributed by atoms with Gasteiger partial charge in [0.2, 0.25) is 5.91 Å². The number of pyridine rings is 1. The molecule has 200 valence electrons. The molecule has 0 spiro atoms. The van der Waals surface area contributed by atoms with Gasteiger partial charge >= 0.3 is 0 Å². The number of thiocarbonyl (C=S) groups is 1. The number of aromatic nitrogens is 2. The zero-order chi connectivity index (χ0) is 27.8. The smallest absolute Gasteiger partial charge is 0.224 e. The monoisotopic (exact) mass is 537 g/mol. The molecule has 0 saturated carbocycles. The maximum atomic E-state index is 12.0. The van der Waals surface area contributed by atoms with E-state index >= 15 is 0 Å². The number of aryl methyl sites for hydroxylation is 4. The van der Waals surface area contributed by atoms with Gasteiger partial charge in [0.05, 0.1) is 23.5 Å². The molecule has 3 heterocycles. The van der Waals surface area contributed by atoms with Crippen LogP contribution in [0.25, 0.3) is 5.69 Å². The summed E-state index contributed by atoms with van der Waals surface area (Å²) in [5.41, 5.74) is 10.9. The lowest BCUT2D eigenvalue weighted by atomic mass is 9.96. The van der Waals surface area contributed by atoms with Crippen LogP contribution in [0.1, 0.15) is 64.8 Å². The Morgan fingerprint density at radius 2 is 1.72 bits per heavy atom. The summed E-state index contributed by atoms with van der Waals surface area (Å²) in [7, 11) is 0. The molecule has 1 fully saturated rings. The predicted molar refractivity (Wildman–Crippen MR) is 163 cm³/mol. The second kappa shape index (κ2) is 10.7. The third kappa shape index (κ3) is 4.83. The molecular weight excluding hydrogens is 502 g/mol. The van der Waals surface area contributed by atoms with Crippen molar-refractivity contribution in [2.75, 3.05) is 10.2 Å². The van der Waals surface area contributed by atoms with Crippen LogP contribution in [-0.2, 0) is 4.79 Å². The second-order valence-electron chi connectivity index (χ2n) is 10.3. The van der Waals surface area contributed by atoms with Crippen LogP contribution >= 0.6 is 12.2 Å². The Labute approximate surface area is 236 Å². The minimum Gasteiger partial charge on any atom is -0.351 e. The highest BCUT2D eigenvalue weighted by molar-refractivity contribution is 7.80. The van der Waals surface area contributed by atoms with Gasteiger partial charge in [0.1, 0.15) is 0 Å². The highest BCUT2D eigenvalue weighted by Crippen LogP contribution is 2.44. The minimum absolute atomic E-state index is 0.00348. The predicted octanol–water partition coefficient (Wildman–Crippen LogP) is 6.94. The zero-order valence-corrected chi connectivity index (χ0v) is 24.2.